The normalized spacial score (nSPS) is 19.9. The number of ether oxygens (including phenoxy) is 2. The van der Waals surface area contributed by atoms with Gasteiger partial charge < -0.3 is 15.2 Å². The molecule has 1 aliphatic carbocycles. The summed E-state index contributed by atoms with van der Waals surface area (Å²) in [7, 11) is 1.79. The molecule has 0 aromatic carbocycles. The summed E-state index contributed by atoms with van der Waals surface area (Å²) in [6.45, 7) is 4.03. The fourth-order valence-corrected chi connectivity index (χ4v) is 3.27. The molecule has 146 valence electrons. The number of aromatic nitrogens is 5. The van der Waals surface area contributed by atoms with Crippen molar-refractivity contribution in [3.8, 4) is 17.3 Å². The minimum atomic E-state index is -0.142. The van der Waals surface area contributed by atoms with Crippen LogP contribution in [0.3, 0.4) is 0 Å². The molecule has 9 heteroatoms. The van der Waals surface area contributed by atoms with Crippen molar-refractivity contribution < 1.29 is 14.3 Å². The predicted octanol–water partition coefficient (Wildman–Crippen LogP) is 1.62. The molecule has 2 aromatic heterocycles. The monoisotopic (exact) mass is 374 g/mol. The van der Waals surface area contributed by atoms with Crippen molar-refractivity contribution in [3.63, 3.8) is 0 Å². The highest BCUT2D eigenvalue weighted by Gasteiger charge is 2.30. The zero-order valence-corrected chi connectivity index (χ0v) is 16.0. The van der Waals surface area contributed by atoms with Crippen molar-refractivity contribution in [1.82, 2.24) is 25.0 Å². The van der Waals surface area contributed by atoms with E-state index in [1.54, 1.807) is 24.1 Å². The molecule has 0 unspecified atom stereocenters. The topological polar surface area (TPSA) is 118 Å². The largest absolute Gasteiger partial charge is 0.473 e. The van der Waals surface area contributed by atoms with E-state index in [2.05, 4.69) is 20.3 Å². The molecular formula is C18H26N6O3. The summed E-state index contributed by atoms with van der Waals surface area (Å²) in [6.07, 6.45) is 6.29. The van der Waals surface area contributed by atoms with E-state index in [4.69, 9.17) is 15.2 Å². The summed E-state index contributed by atoms with van der Waals surface area (Å²) in [5, 5.41) is 8.06. The summed E-state index contributed by atoms with van der Waals surface area (Å²) in [4.78, 5) is 20.9. The molecule has 1 aliphatic rings. The van der Waals surface area contributed by atoms with Gasteiger partial charge in [-0.05, 0) is 39.5 Å². The third kappa shape index (κ3) is 4.60. The minimum absolute atomic E-state index is 0.0697. The molecule has 2 N–H and O–H groups in total. The van der Waals surface area contributed by atoms with E-state index in [1.807, 2.05) is 13.8 Å². The molecule has 0 amide bonds. The van der Waals surface area contributed by atoms with Crippen molar-refractivity contribution in [2.75, 3.05) is 0 Å². The second-order valence-corrected chi connectivity index (χ2v) is 7.04. The molecule has 2 heterocycles. The highest BCUT2D eigenvalue weighted by Crippen LogP contribution is 2.28. The summed E-state index contributed by atoms with van der Waals surface area (Å²) >= 11 is 0. The Labute approximate surface area is 158 Å². The van der Waals surface area contributed by atoms with Crippen LogP contribution < -0.4 is 10.5 Å². The summed E-state index contributed by atoms with van der Waals surface area (Å²) < 4.78 is 12.9. The standard InChI is InChI=1S/C18H26N6O3/c1-11(2)26-18(25)12-5-4-6-13(7-12)27-16-10-20-14(9-21-16)17-15(8-19)24(3)23-22-17/h9-13H,4-8,19H2,1-3H3/t12-,13-/m0/s1. The second kappa shape index (κ2) is 8.43. The van der Waals surface area contributed by atoms with Gasteiger partial charge in [-0.2, -0.15) is 0 Å². The zero-order chi connectivity index (χ0) is 19.4. The number of hydrogen-bond donors (Lipinski definition) is 1. The van der Waals surface area contributed by atoms with Gasteiger partial charge in [-0.1, -0.05) is 5.21 Å². The maximum Gasteiger partial charge on any atom is 0.309 e. The van der Waals surface area contributed by atoms with Crippen LogP contribution in [0.5, 0.6) is 5.88 Å². The molecule has 0 bridgehead atoms. The molecule has 27 heavy (non-hydrogen) atoms. The fourth-order valence-electron chi connectivity index (χ4n) is 3.27. The Balaban J connectivity index is 1.63. The van der Waals surface area contributed by atoms with Crippen LogP contribution in [0.2, 0.25) is 0 Å². The number of aryl methyl sites for hydroxylation is 1. The van der Waals surface area contributed by atoms with Gasteiger partial charge in [-0.3, -0.25) is 9.48 Å². The predicted molar refractivity (Wildman–Crippen MR) is 97.5 cm³/mol. The van der Waals surface area contributed by atoms with Crippen LogP contribution >= 0.6 is 0 Å². The molecule has 1 saturated carbocycles. The van der Waals surface area contributed by atoms with Gasteiger partial charge in [0, 0.05) is 13.6 Å². The molecule has 0 aliphatic heterocycles. The van der Waals surface area contributed by atoms with Crippen LogP contribution in [0.15, 0.2) is 12.4 Å². The molecule has 2 atom stereocenters. The lowest BCUT2D eigenvalue weighted by atomic mass is 9.87. The summed E-state index contributed by atoms with van der Waals surface area (Å²) in [6, 6.07) is 0. The lowest BCUT2D eigenvalue weighted by Gasteiger charge is -2.28. The van der Waals surface area contributed by atoms with Gasteiger partial charge in [0.1, 0.15) is 17.5 Å². The van der Waals surface area contributed by atoms with Gasteiger partial charge in [-0.15, -0.1) is 5.10 Å². The Morgan fingerprint density at radius 2 is 2.15 bits per heavy atom. The van der Waals surface area contributed by atoms with Crippen molar-refractivity contribution >= 4 is 5.97 Å². The van der Waals surface area contributed by atoms with Crippen LogP contribution in [0.25, 0.3) is 11.4 Å². The number of esters is 1. The highest BCUT2D eigenvalue weighted by molar-refractivity contribution is 5.72. The Morgan fingerprint density at radius 1 is 1.33 bits per heavy atom. The maximum atomic E-state index is 12.1. The van der Waals surface area contributed by atoms with Crippen molar-refractivity contribution in [2.45, 2.75) is 58.3 Å². The molecular weight excluding hydrogens is 348 g/mol. The van der Waals surface area contributed by atoms with Gasteiger partial charge in [0.15, 0.2) is 0 Å². The Morgan fingerprint density at radius 3 is 2.81 bits per heavy atom. The number of rotatable bonds is 6. The number of nitrogens with two attached hydrogens (primary N) is 1. The zero-order valence-electron chi connectivity index (χ0n) is 16.0. The van der Waals surface area contributed by atoms with E-state index in [-0.39, 0.29) is 24.1 Å². The first-order valence-corrected chi connectivity index (χ1v) is 9.26. The number of carbonyl (C=O) groups is 1. The van der Waals surface area contributed by atoms with E-state index >= 15 is 0 Å². The average Bonchev–Trinajstić information content (AvgIpc) is 3.02. The number of carbonyl (C=O) groups excluding carboxylic acids is 1. The van der Waals surface area contributed by atoms with Crippen molar-refractivity contribution in [3.05, 3.63) is 18.1 Å². The first-order chi connectivity index (χ1) is 13.0. The molecule has 1 fully saturated rings. The molecule has 9 nitrogen and oxygen atoms in total. The number of nitrogens with zero attached hydrogens (tertiary/aromatic N) is 5. The quantitative estimate of drug-likeness (QED) is 0.758. The van der Waals surface area contributed by atoms with Crippen LogP contribution in [0.1, 0.15) is 45.2 Å². The maximum absolute atomic E-state index is 12.1. The molecule has 0 radical (unpaired) electrons. The third-order valence-corrected chi connectivity index (χ3v) is 4.61. The van der Waals surface area contributed by atoms with Crippen molar-refractivity contribution in [1.29, 1.82) is 0 Å². The average molecular weight is 374 g/mol. The van der Waals surface area contributed by atoms with E-state index in [0.717, 1.165) is 25.0 Å². The first kappa shape index (κ1) is 19.2. The van der Waals surface area contributed by atoms with Crippen LogP contribution in [-0.2, 0) is 23.1 Å². The Kier molecular flexibility index (Phi) is 6.00. The lowest BCUT2D eigenvalue weighted by Crippen LogP contribution is -2.31. The van der Waals surface area contributed by atoms with E-state index in [0.29, 0.717) is 30.2 Å². The SMILES string of the molecule is CC(C)OC(=O)[C@H]1CCC[C@H](Oc2cnc(-c3nnn(C)c3CN)cn2)C1. The van der Waals surface area contributed by atoms with Gasteiger partial charge in [0.2, 0.25) is 5.88 Å². The highest BCUT2D eigenvalue weighted by atomic mass is 16.5. The van der Waals surface area contributed by atoms with E-state index in [1.165, 1.54) is 0 Å². The third-order valence-electron chi connectivity index (χ3n) is 4.61. The van der Waals surface area contributed by atoms with Gasteiger partial charge >= 0.3 is 5.97 Å². The summed E-state index contributed by atoms with van der Waals surface area (Å²) in [5.74, 6) is 0.168. The molecule has 2 aromatic rings. The van der Waals surface area contributed by atoms with Gasteiger partial charge in [-0.25, -0.2) is 9.97 Å². The Bertz CT molecular complexity index is 774. The van der Waals surface area contributed by atoms with Gasteiger partial charge in [0.05, 0.1) is 30.1 Å². The van der Waals surface area contributed by atoms with E-state index < -0.39 is 0 Å². The molecule has 0 spiro atoms. The number of hydrogen-bond acceptors (Lipinski definition) is 8. The first-order valence-electron chi connectivity index (χ1n) is 9.26. The molecule has 0 saturated heterocycles. The van der Waals surface area contributed by atoms with E-state index in [9.17, 15) is 4.79 Å². The van der Waals surface area contributed by atoms with Gasteiger partial charge in [0.25, 0.3) is 0 Å². The van der Waals surface area contributed by atoms with Crippen molar-refractivity contribution in [2.24, 2.45) is 18.7 Å². The van der Waals surface area contributed by atoms with Crippen LogP contribution in [0.4, 0.5) is 0 Å². The lowest BCUT2D eigenvalue weighted by molar-refractivity contribution is -0.154. The second-order valence-electron chi connectivity index (χ2n) is 7.04. The minimum Gasteiger partial charge on any atom is -0.473 e. The smallest absolute Gasteiger partial charge is 0.309 e. The molecule has 3 rings (SSSR count). The Hall–Kier alpha value is -2.55. The van der Waals surface area contributed by atoms with Crippen LogP contribution in [-0.4, -0.2) is 43.1 Å². The summed E-state index contributed by atoms with van der Waals surface area (Å²) in [5.41, 5.74) is 7.75. The van der Waals surface area contributed by atoms with Crippen LogP contribution in [0, 0.1) is 5.92 Å². The fraction of sp³-hybridized carbons (Fsp3) is 0.611.